The molecule has 1 aliphatic rings. The van der Waals surface area contributed by atoms with E-state index < -0.39 is 11.8 Å². The van der Waals surface area contributed by atoms with Crippen LogP contribution in [0.2, 0.25) is 5.15 Å². The number of carbonyl (C=O) groups excluding carboxylic acids is 2. The van der Waals surface area contributed by atoms with E-state index in [9.17, 15) is 9.59 Å². The molecule has 1 saturated carbocycles. The van der Waals surface area contributed by atoms with Gasteiger partial charge in [0.25, 0.3) is 0 Å². The van der Waals surface area contributed by atoms with Gasteiger partial charge in [-0.2, -0.15) is 0 Å². The summed E-state index contributed by atoms with van der Waals surface area (Å²) in [6, 6.07) is 3.44. The summed E-state index contributed by atoms with van der Waals surface area (Å²) in [6.45, 7) is 1.90. The highest BCUT2D eigenvalue weighted by molar-refractivity contribution is 6.35. The quantitative estimate of drug-likeness (QED) is 0.215. The van der Waals surface area contributed by atoms with Crippen molar-refractivity contribution < 1.29 is 14.3 Å². The topological polar surface area (TPSA) is 68.3 Å². The van der Waals surface area contributed by atoms with E-state index in [-0.39, 0.29) is 28.9 Å². The van der Waals surface area contributed by atoms with E-state index in [4.69, 9.17) is 16.3 Å². The lowest BCUT2D eigenvalue weighted by molar-refractivity contribution is -0.138. The van der Waals surface area contributed by atoms with Gasteiger partial charge in [0.2, 0.25) is 5.78 Å². The highest BCUT2D eigenvalue weighted by Gasteiger charge is 2.24. The second-order valence-electron chi connectivity index (χ2n) is 5.45. The van der Waals surface area contributed by atoms with E-state index in [2.05, 4.69) is 10.3 Å². The minimum atomic E-state index is -0.652. The first kappa shape index (κ1) is 17.5. The van der Waals surface area contributed by atoms with E-state index >= 15 is 0 Å². The Bertz CT molecular complexity index is 595. The van der Waals surface area contributed by atoms with Gasteiger partial charge in [0.1, 0.15) is 10.7 Å². The maximum absolute atomic E-state index is 12.6. The molecule has 1 aromatic heterocycles. The molecule has 1 N–H and O–H groups in total. The van der Waals surface area contributed by atoms with E-state index in [0.29, 0.717) is 0 Å². The minimum absolute atomic E-state index is 0.0488. The van der Waals surface area contributed by atoms with E-state index in [1.807, 2.05) is 0 Å². The van der Waals surface area contributed by atoms with Crippen LogP contribution in [0.4, 0.5) is 0 Å². The Hall–Kier alpha value is -1.88. The maximum Gasteiger partial charge on any atom is 0.343 e. The molecule has 0 bridgehead atoms. The van der Waals surface area contributed by atoms with Gasteiger partial charge in [-0.25, -0.2) is 9.78 Å². The number of aromatic nitrogens is 1. The van der Waals surface area contributed by atoms with Crippen molar-refractivity contribution in [3.8, 4) is 0 Å². The van der Waals surface area contributed by atoms with Crippen LogP contribution < -0.4 is 5.32 Å². The number of halogens is 1. The summed E-state index contributed by atoms with van der Waals surface area (Å²) in [4.78, 5) is 28.6. The Morgan fingerprint density at radius 3 is 2.78 bits per heavy atom. The molecule has 1 fully saturated rings. The van der Waals surface area contributed by atoms with Crippen molar-refractivity contribution in [2.45, 2.75) is 45.1 Å². The van der Waals surface area contributed by atoms with E-state index in [1.165, 1.54) is 18.8 Å². The third-order valence-corrected chi connectivity index (χ3v) is 4.11. The van der Waals surface area contributed by atoms with Crippen LogP contribution >= 0.6 is 11.6 Å². The van der Waals surface area contributed by atoms with Gasteiger partial charge in [-0.3, -0.25) is 4.79 Å². The Morgan fingerprint density at radius 2 is 2.13 bits per heavy atom. The summed E-state index contributed by atoms with van der Waals surface area (Å²) in [5.41, 5.74) is 0.145. The number of pyridine rings is 1. The van der Waals surface area contributed by atoms with Crippen molar-refractivity contribution >= 4 is 23.4 Å². The molecule has 0 spiro atoms. The third-order valence-electron chi connectivity index (χ3n) is 3.81. The van der Waals surface area contributed by atoms with Crippen molar-refractivity contribution in [2.24, 2.45) is 0 Å². The molecule has 23 heavy (non-hydrogen) atoms. The summed E-state index contributed by atoms with van der Waals surface area (Å²) in [5, 5.41) is 3.26. The van der Waals surface area contributed by atoms with Crippen molar-refractivity contribution in [2.75, 3.05) is 6.61 Å². The molecule has 5 nitrogen and oxygen atoms in total. The lowest BCUT2D eigenvalue weighted by Gasteiger charge is -2.22. The predicted molar refractivity (Wildman–Crippen MR) is 88.3 cm³/mol. The maximum atomic E-state index is 12.6. The molecule has 0 unspecified atom stereocenters. The molecule has 0 aromatic carbocycles. The standard InChI is InChI=1S/C17H21ClN2O3/c1-2-23-17(22)14(11-20-12-7-4-3-5-8-12)15(21)13-9-6-10-19-16(13)18/h6,9-12,20H,2-5,7-8H2,1H3/b14-11+. The Balaban J connectivity index is 2.21. The van der Waals surface area contributed by atoms with Crippen molar-refractivity contribution in [1.29, 1.82) is 0 Å². The van der Waals surface area contributed by atoms with Gasteiger partial charge in [-0.15, -0.1) is 0 Å². The summed E-state index contributed by atoms with van der Waals surface area (Å²) in [6.07, 6.45) is 8.58. The molecule has 2 rings (SSSR count). The van der Waals surface area contributed by atoms with Gasteiger partial charge in [0, 0.05) is 18.4 Å². The number of ether oxygens (including phenoxy) is 1. The fourth-order valence-corrected chi connectivity index (χ4v) is 2.80. The molecular weight excluding hydrogens is 316 g/mol. The Kier molecular flexibility index (Phi) is 6.59. The molecule has 1 aromatic rings. The number of Topliss-reactive ketones (excluding diaryl/α,β-unsaturated/α-hetero) is 1. The van der Waals surface area contributed by atoms with Crippen LogP contribution in [0.5, 0.6) is 0 Å². The smallest absolute Gasteiger partial charge is 0.343 e. The number of ketones is 1. The number of nitrogens with one attached hydrogen (secondary N) is 1. The van der Waals surface area contributed by atoms with E-state index in [1.54, 1.807) is 19.1 Å². The number of esters is 1. The summed E-state index contributed by atoms with van der Waals surface area (Å²) < 4.78 is 4.99. The minimum Gasteiger partial charge on any atom is -0.462 e. The van der Waals surface area contributed by atoms with Gasteiger partial charge in [-0.05, 0) is 31.9 Å². The molecule has 0 amide bonds. The SMILES string of the molecule is CCOC(=O)/C(=C/NC1CCCCC1)C(=O)c1cccnc1Cl. The van der Waals surface area contributed by atoms with E-state index in [0.717, 1.165) is 25.7 Å². The van der Waals surface area contributed by atoms with Crippen LogP contribution in [0.25, 0.3) is 0 Å². The fraction of sp³-hybridized carbons (Fsp3) is 0.471. The predicted octanol–water partition coefficient (Wildman–Crippen LogP) is 3.29. The molecule has 0 atom stereocenters. The molecular formula is C17H21ClN2O3. The molecule has 1 heterocycles. The molecule has 1 aliphatic carbocycles. The normalized spacial score (nSPS) is 16.0. The van der Waals surface area contributed by atoms with Gasteiger partial charge >= 0.3 is 5.97 Å². The zero-order chi connectivity index (χ0) is 16.7. The zero-order valence-electron chi connectivity index (χ0n) is 13.2. The van der Waals surface area contributed by atoms with Crippen molar-refractivity contribution in [1.82, 2.24) is 10.3 Å². The first-order valence-corrected chi connectivity index (χ1v) is 8.29. The van der Waals surface area contributed by atoms with Crippen molar-refractivity contribution in [3.63, 3.8) is 0 Å². The Labute approximate surface area is 141 Å². The van der Waals surface area contributed by atoms with Gasteiger partial charge < -0.3 is 10.1 Å². The van der Waals surface area contributed by atoms with Crippen LogP contribution in [0.1, 0.15) is 49.4 Å². The van der Waals surface area contributed by atoms with Crippen molar-refractivity contribution in [3.05, 3.63) is 40.8 Å². The van der Waals surface area contributed by atoms with Crippen LogP contribution in [0.3, 0.4) is 0 Å². The first-order chi connectivity index (χ1) is 11.1. The number of rotatable bonds is 6. The summed E-state index contributed by atoms with van der Waals surface area (Å²) in [7, 11) is 0. The zero-order valence-corrected chi connectivity index (χ0v) is 13.9. The lowest BCUT2D eigenvalue weighted by Crippen LogP contribution is -2.29. The summed E-state index contributed by atoms with van der Waals surface area (Å²) >= 11 is 5.96. The molecule has 0 saturated heterocycles. The lowest BCUT2D eigenvalue weighted by atomic mass is 9.95. The van der Waals surface area contributed by atoms with Gasteiger partial charge in [-0.1, -0.05) is 30.9 Å². The number of nitrogens with zero attached hydrogens (tertiary/aromatic N) is 1. The van der Waals surface area contributed by atoms with Crippen LogP contribution in [-0.4, -0.2) is 29.4 Å². The number of carbonyl (C=O) groups is 2. The monoisotopic (exact) mass is 336 g/mol. The second-order valence-corrected chi connectivity index (χ2v) is 5.81. The fourth-order valence-electron chi connectivity index (χ4n) is 2.60. The van der Waals surface area contributed by atoms with Gasteiger partial charge in [0.15, 0.2) is 0 Å². The Morgan fingerprint density at radius 1 is 1.39 bits per heavy atom. The molecule has 0 radical (unpaired) electrons. The average molecular weight is 337 g/mol. The number of hydrogen-bond donors (Lipinski definition) is 1. The average Bonchev–Trinajstić information content (AvgIpc) is 2.56. The van der Waals surface area contributed by atoms with Crippen LogP contribution in [-0.2, 0) is 9.53 Å². The molecule has 0 aliphatic heterocycles. The highest BCUT2D eigenvalue weighted by atomic mass is 35.5. The highest BCUT2D eigenvalue weighted by Crippen LogP contribution is 2.19. The largest absolute Gasteiger partial charge is 0.462 e. The second kappa shape index (κ2) is 8.67. The van der Waals surface area contributed by atoms with Gasteiger partial charge in [0.05, 0.1) is 12.2 Å². The summed E-state index contributed by atoms with van der Waals surface area (Å²) in [5.74, 6) is -1.13. The molecule has 6 heteroatoms. The first-order valence-electron chi connectivity index (χ1n) is 7.92. The van der Waals surface area contributed by atoms with Crippen LogP contribution in [0, 0.1) is 0 Å². The third kappa shape index (κ3) is 4.79. The number of hydrogen-bond acceptors (Lipinski definition) is 5. The van der Waals surface area contributed by atoms with Crippen LogP contribution in [0.15, 0.2) is 30.1 Å². The molecule has 124 valence electrons.